The standard InChI is InChI=1S/C33H33N3O4S/c1-22(24-10-13-30(40-2)14-11-24)34-33(37)35-29-12-15-31-27(17-29)18-32(41(31,38)39)25-8-9-26-20-36(21-28(26)16-25)19-23-6-4-3-5-7-23/h3-18,22,38-39H,19-21H2,1-2H3,(H2,34,35,37). The molecule has 2 aliphatic heterocycles. The second-order valence-electron chi connectivity index (χ2n) is 10.5. The molecule has 2 aliphatic rings. The molecule has 0 aliphatic carbocycles. The fourth-order valence-corrected chi connectivity index (χ4v) is 7.19. The van der Waals surface area contributed by atoms with E-state index in [2.05, 4.69) is 51.9 Å². The number of ether oxygens (including phenoxy) is 1. The van der Waals surface area contributed by atoms with Gasteiger partial charge in [-0.05, 0) is 77.2 Å². The molecule has 1 unspecified atom stereocenters. The zero-order chi connectivity index (χ0) is 28.6. The van der Waals surface area contributed by atoms with Crippen LogP contribution >= 0.6 is 10.6 Å². The lowest BCUT2D eigenvalue weighted by atomic mass is 10.1. The highest BCUT2D eigenvalue weighted by atomic mass is 32.3. The van der Waals surface area contributed by atoms with E-state index in [1.165, 1.54) is 16.7 Å². The molecule has 0 radical (unpaired) electrons. The van der Waals surface area contributed by atoms with E-state index < -0.39 is 10.6 Å². The Morgan fingerprint density at radius 2 is 1.71 bits per heavy atom. The van der Waals surface area contributed by atoms with Gasteiger partial charge in [-0.3, -0.25) is 14.0 Å². The van der Waals surface area contributed by atoms with E-state index in [1.54, 1.807) is 25.3 Å². The molecule has 0 aromatic heterocycles. The first-order valence-electron chi connectivity index (χ1n) is 13.5. The molecule has 4 aromatic rings. The van der Waals surface area contributed by atoms with Gasteiger partial charge in [0.2, 0.25) is 0 Å². The Bertz CT molecular complexity index is 1620. The molecule has 7 nitrogen and oxygen atoms in total. The molecule has 0 saturated carbocycles. The van der Waals surface area contributed by atoms with Crippen LogP contribution < -0.4 is 15.4 Å². The number of fused-ring (bicyclic) bond motifs is 2. The van der Waals surface area contributed by atoms with Gasteiger partial charge in [0.25, 0.3) is 0 Å². The summed E-state index contributed by atoms with van der Waals surface area (Å²) in [5, 5.41) is 5.81. The molecule has 1 atom stereocenters. The number of carbonyl (C=O) groups is 1. The Labute approximate surface area is 241 Å². The lowest BCUT2D eigenvalue weighted by Crippen LogP contribution is -2.31. The quantitative estimate of drug-likeness (QED) is 0.183. The maximum Gasteiger partial charge on any atom is 0.319 e. The fourth-order valence-electron chi connectivity index (χ4n) is 5.50. The van der Waals surface area contributed by atoms with Gasteiger partial charge in [-0.2, -0.15) is 0 Å². The topological polar surface area (TPSA) is 94.1 Å². The molecule has 0 bridgehead atoms. The van der Waals surface area contributed by atoms with Crippen LogP contribution in [0.15, 0.2) is 95.9 Å². The summed E-state index contributed by atoms with van der Waals surface area (Å²) in [7, 11) is -1.56. The number of urea groups is 1. The number of carbonyl (C=O) groups excluding carboxylic acids is 1. The van der Waals surface area contributed by atoms with Crippen LogP contribution in [-0.2, 0) is 19.6 Å². The van der Waals surface area contributed by atoms with Crippen molar-refractivity contribution in [3.63, 3.8) is 0 Å². The first-order chi connectivity index (χ1) is 19.8. The van der Waals surface area contributed by atoms with Crippen molar-refractivity contribution in [3.8, 4) is 5.75 Å². The highest BCUT2D eigenvalue weighted by Crippen LogP contribution is 2.65. The number of nitrogens with zero attached hydrogens (tertiary/aromatic N) is 1. The van der Waals surface area contributed by atoms with E-state index in [4.69, 9.17) is 4.74 Å². The third-order valence-electron chi connectivity index (χ3n) is 7.66. The zero-order valence-corrected chi connectivity index (χ0v) is 23.8. The number of benzene rings is 4. The van der Waals surface area contributed by atoms with E-state index in [-0.39, 0.29) is 12.1 Å². The molecule has 0 spiro atoms. The third-order valence-corrected chi connectivity index (χ3v) is 9.61. The van der Waals surface area contributed by atoms with E-state index in [0.29, 0.717) is 21.1 Å². The van der Waals surface area contributed by atoms with Crippen molar-refractivity contribution >= 4 is 33.3 Å². The van der Waals surface area contributed by atoms with E-state index in [1.807, 2.05) is 49.4 Å². The highest BCUT2D eigenvalue weighted by molar-refractivity contribution is 8.32. The van der Waals surface area contributed by atoms with Crippen molar-refractivity contribution in [1.82, 2.24) is 10.2 Å². The van der Waals surface area contributed by atoms with Crippen molar-refractivity contribution < 1.29 is 18.6 Å². The predicted octanol–water partition coefficient (Wildman–Crippen LogP) is 7.71. The summed E-state index contributed by atoms with van der Waals surface area (Å²) in [4.78, 5) is 16.1. The van der Waals surface area contributed by atoms with Crippen molar-refractivity contribution in [2.24, 2.45) is 0 Å². The smallest absolute Gasteiger partial charge is 0.319 e. The molecule has 41 heavy (non-hydrogen) atoms. The Kier molecular flexibility index (Phi) is 7.32. The molecule has 4 aromatic carbocycles. The van der Waals surface area contributed by atoms with Crippen molar-refractivity contribution in [2.45, 2.75) is 37.5 Å². The summed E-state index contributed by atoms with van der Waals surface area (Å²) in [5.74, 6) is 0.756. The Balaban J connectivity index is 1.15. The van der Waals surface area contributed by atoms with Crippen LogP contribution in [0.2, 0.25) is 0 Å². The number of methoxy groups -OCH3 is 1. The maximum absolute atomic E-state index is 12.7. The van der Waals surface area contributed by atoms with Crippen LogP contribution in [-0.4, -0.2) is 27.1 Å². The van der Waals surface area contributed by atoms with Gasteiger partial charge < -0.3 is 15.4 Å². The molecule has 0 fully saturated rings. The van der Waals surface area contributed by atoms with Gasteiger partial charge >= 0.3 is 6.03 Å². The lowest BCUT2D eigenvalue weighted by molar-refractivity contribution is 0.249. The number of hydrogen-bond acceptors (Lipinski definition) is 5. The average molecular weight is 568 g/mol. The van der Waals surface area contributed by atoms with Crippen LogP contribution in [0.5, 0.6) is 5.75 Å². The normalized spacial score (nSPS) is 16.7. The summed E-state index contributed by atoms with van der Waals surface area (Å²) >= 11 is 0. The first-order valence-corrected chi connectivity index (χ1v) is 15.1. The molecule has 0 saturated heterocycles. The van der Waals surface area contributed by atoms with Crippen LogP contribution in [0, 0.1) is 0 Å². The molecular weight excluding hydrogens is 534 g/mol. The van der Waals surface area contributed by atoms with Gasteiger partial charge in [0.05, 0.1) is 23.0 Å². The van der Waals surface area contributed by atoms with Crippen molar-refractivity contribution in [2.75, 3.05) is 12.4 Å². The third kappa shape index (κ3) is 5.60. The molecule has 8 heteroatoms. The van der Waals surface area contributed by atoms with Gasteiger partial charge in [-0.15, -0.1) is 10.6 Å². The largest absolute Gasteiger partial charge is 0.497 e. The lowest BCUT2D eigenvalue weighted by Gasteiger charge is -2.31. The highest BCUT2D eigenvalue weighted by Gasteiger charge is 2.32. The minimum Gasteiger partial charge on any atom is -0.497 e. The van der Waals surface area contributed by atoms with E-state index >= 15 is 0 Å². The van der Waals surface area contributed by atoms with Crippen LogP contribution in [0.3, 0.4) is 0 Å². The fraction of sp³-hybridized carbons (Fsp3) is 0.182. The molecule has 210 valence electrons. The molecule has 2 heterocycles. The zero-order valence-electron chi connectivity index (χ0n) is 23.0. The molecule has 4 N–H and O–H groups in total. The monoisotopic (exact) mass is 567 g/mol. The minimum atomic E-state index is -3.18. The predicted molar refractivity (Wildman–Crippen MR) is 165 cm³/mol. The van der Waals surface area contributed by atoms with Gasteiger partial charge in [0.1, 0.15) is 5.75 Å². The van der Waals surface area contributed by atoms with Gasteiger partial charge in [0, 0.05) is 30.9 Å². The van der Waals surface area contributed by atoms with E-state index in [0.717, 1.165) is 36.5 Å². The van der Waals surface area contributed by atoms with Gasteiger partial charge in [0.15, 0.2) is 0 Å². The number of amides is 2. The first kappa shape index (κ1) is 27.1. The number of anilines is 1. The second kappa shape index (κ2) is 11.1. The van der Waals surface area contributed by atoms with Crippen LogP contribution in [0.25, 0.3) is 11.0 Å². The molecule has 6 rings (SSSR count). The van der Waals surface area contributed by atoms with Crippen LogP contribution in [0.4, 0.5) is 10.5 Å². The number of nitrogens with one attached hydrogen (secondary N) is 2. The van der Waals surface area contributed by atoms with Gasteiger partial charge in [-0.1, -0.05) is 54.6 Å². The van der Waals surface area contributed by atoms with Crippen LogP contribution in [0.1, 0.15) is 46.3 Å². The Hall–Kier alpha value is -4.08. The molecule has 2 amide bonds. The SMILES string of the molecule is COc1ccc(C(C)NC(=O)Nc2ccc3c(c2)C=C(c2ccc4c(c2)CN(Cc2ccccc2)C4)S3(O)O)cc1. The summed E-state index contributed by atoms with van der Waals surface area (Å²) in [6, 6.07) is 28.7. The summed E-state index contributed by atoms with van der Waals surface area (Å²) in [5.41, 5.74) is 6.76. The maximum atomic E-state index is 12.7. The number of rotatable bonds is 7. The Morgan fingerprint density at radius 3 is 2.46 bits per heavy atom. The second-order valence-corrected chi connectivity index (χ2v) is 12.5. The Morgan fingerprint density at radius 1 is 0.951 bits per heavy atom. The molecular formula is C33H33N3O4S. The average Bonchev–Trinajstić information content (AvgIpc) is 3.49. The van der Waals surface area contributed by atoms with Gasteiger partial charge in [-0.25, -0.2) is 4.79 Å². The summed E-state index contributed by atoms with van der Waals surface area (Å²) in [6.45, 7) is 4.46. The minimum absolute atomic E-state index is 0.211. The summed E-state index contributed by atoms with van der Waals surface area (Å²) in [6.07, 6.45) is 1.83. The summed E-state index contributed by atoms with van der Waals surface area (Å²) < 4.78 is 27.7. The van der Waals surface area contributed by atoms with Crippen molar-refractivity contribution in [1.29, 1.82) is 0 Å². The van der Waals surface area contributed by atoms with E-state index in [9.17, 15) is 13.9 Å². The number of hydrogen-bond donors (Lipinski definition) is 4. The van der Waals surface area contributed by atoms with Crippen molar-refractivity contribution in [3.05, 3.63) is 124 Å².